The van der Waals surface area contributed by atoms with E-state index in [-0.39, 0.29) is 44.4 Å². The first kappa shape index (κ1) is 23.7. The number of rotatable bonds is 8. The Morgan fingerprint density at radius 3 is 2.69 bits per heavy atom. The Kier molecular flexibility index (Phi) is 8.57. The summed E-state index contributed by atoms with van der Waals surface area (Å²) in [5.74, 6) is -0.917. The molecule has 0 aromatic carbocycles. The molecule has 9 nitrogen and oxygen atoms in total. The number of pyridine rings is 2. The van der Waals surface area contributed by atoms with Gasteiger partial charge >= 0.3 is 5.97 Å². The number of aromatic nitrogens is 2. The second-order valence-corrected chi connectivity index (χ2v) is 8.00. The lowest BCUT2D eigenvalue weighted by molar-refractivity contribution is -0.142. The van der Waals surface area contributed by atoms with Gasteiger partial charge in [-0.2, -0.15) is 0 Å². The number of carbonyl (C=O) groups excluding carboxylic acids is 3. The fourth-order valence-corrected chi connectivity index (χ4v) is 3.90. The maximum atomic E-state index is 13.3. The van der Waals surface area contributed by atoms with Gasteiger partial charge in [0, 0.05) is 38.2 Å². The third-order valence-corrected chi connectivity index (χ3v) is 5.77. The molecule has 0 radical (unpaired) electrons. The van der Waals surface area contributed by atoms with E-state index >= 15 is 0 Å². The molecule has 32 heavy (non-hydrogen) atoms. The highest BCUT2D eigenvalue weighted by molar-refractivity contribution is 7.98. The lowest BCUT2D eigenvalue weighted by Crippen LogP contribution is -2.40. The van der Waals surface area contributed by atoms with Gasteiger partial charge < -0.3 is 19.3 Å². The van der Waals surface area contributed by atoms with Crippen LogP contribution >= 0.6 is 11.8 Å². The summed E-state index contributed by atoms with van der Waals surface area (Å²) in [6.07, 6.45) is 6.49. The van der Waals surface area contributed by atoms with Crippen molar-refractivity contribution in [3.63, 3.8) is 0 Å². The Hall–Kier alpha value is -2.98. The van der Waals surface area contributed by atoms with Crippen LogP contribution < -0.4 is 0 Å². The summed E-state index contributed by atoms with van der Waals surface area (Å²) in [4.78, 5) is 49.1. The smallest absolute Gasteiger partial charge is 0.307 e. The van der Waals surface area contributed by atoms with Crippen LogP contribution in [0.2, 0.25) is 0 Å². The molecule has 2 aromatic heterocycles. The summed E-state index contributed by atoms with van der Waals surface area (Å²) < 4.78 is 10.8. The van der Waals surface area contributed by atoms with Crippen LogP contribution in [0.15, 0.2) is 47.9 Å². The van der Waals surface area contributed by atoms with E-state index in [9.17, 15) is 14.4 Å². The Labute approximate surface area is 191 Å². The van der Waals surface area contributed by atoms with Crippen LogP contribution in [0.25, 0.3) is 0 Å². The summed E-state index contributed by atoms with van der Waals surface area (Å²) in [6, 6.07) is 7.10. The van der Waals surface area contributed by atoms with Gasteiger partial charge in [-0.1, -0.05) is 0 Å². The number of nitrogens with zero attached hydrogens (tertiary/aromatic N) is 4. The fourth-order valence-electron chi connectivity index (χ4n) is 3.36. The molecule has 0 aliphatic carbocycles. The molecular weight excluding hydrogens is 432 g/mol. The van der Waals surface area contributed by atoms with Gasteiger partial charge in [0.15, 0.2) is 0 Å². The first-order chi connectivity index (χ1) is 15.5. The van der Waals surface area contributed by atoms with Gasteiger partial charge in [0.2, 0.25) is 5.91 Å². The number of amides is 2. The van der Waals surface area contributed by atoms with Crippen molar-refractivity contribution in [1.29, 1.82) is 0 Å². The molecule has 1 fully saturated rings. The molecule has 170 valence electrons. The number of methoxy groups -OCH3 is 1. The quantitative estimate of drug-likeness (QED) is 0.435. The molecule has 3 heterocycles. The van der Waals surface area contributed by atoms with Gasteiger partial charge in [-0.3, -0.25) is 19.4 Å². The van der Waals surface area contributed by atoms with Crippen LogP contribution in [-0.2, 0) is 25.7 Å². The number of hydrogen-bond acceptors (Lipinski definition) is 8. The summed E-state index contributed by atoms with van der Waals surface area (Å²) in [6.45, 7) is 0.931. The molecule has 3 rings (SSSR count). The second-order valence-electron chi connectivity index (χ2n) is 7.20. The lowest BCUT2D eigenvalue weighted by atomic mass is 10.2. The van der Waals surface area contributed by atoms with E-state index in [1.165, 1.54) is 23.8 Å². The lowest BCUT2D eigenvalue weighted by Gasteiger charge is -2.25. The molecule has 10 heteroatoms. The molecule has 1 unspecified atom stereocenters. The van der Waals surface area contributed by atoms with E-state index < -0.39 is 12.1 Å². The average Bonchev–Trinajstić information content (AvgIpc) is 2.99. The summed E-state index contributed by atoms with van der Waals surface area (Å²) in [5, 5.41) is 0.603. The van der Waals surface area contributed by atoms with Gasteiger partial charge in [-0.15, -0.1) is 11.8 Å². The van der Waals surface area contributed by atoms with E-state index in [2.05, 4.69) is 9.97 Å². The zero-order valence-electron chi connectivity index (χ0n) is 18.1. The normalized spacial score (nSPS) is 16.6. The topological polar surface area (TPSA) is 102 Å². The SMILES string of the molecule is COC(=O)CCN1CC(OCc2ccncc2)CN(C(=O)c2cccnc2SC)CC1=O. The van der Waals surface area contributed by atoms with Crippen LogP contribution in [0, 0.1) is 0 Å². The van der Waals surface area contributed by atoms with Crippen molar-refractivity contribution in [2.24, 2.45) is 0 Å². The largest absolute Gasteiger partial charge is 0.469 e. The predicted molar refractivity (Wildman–Crippen MR) is 118 cm³/mol. The van der Waals surface area contributed by atoms with Gasteiger partial charge in [-0.05, 0) is 36.1 Å². The van der Waals surface area contributed by atoms with Crippen LogP contribution in [0.4, 0.5) is 0 Å². The summed E-state index contributed by atoms with van der Waals surface area (Å²) in [5.41, 5.74) is 1.38. The van der Waals surface area contributed by atoms with Crippen molar-refractivity contribution < 1.29 is 23.9 Å². The van der Waals surface area contributed by atoms with Crippen molar-refractivity contribution in [2.75, 3.05) is 39.5 Å². The van der Waals surface area contributed by atoms with Gasteiger partial charge in [0.25, 0.3) is 5.91 Å². The predicted octanol–water partition coefficient (Wildman–Crippen LogP) is 1.63. The molecule has 1 aliphatic heterocycles. The molecule has 2 amide bonds. The molecule has 0 N–H and O–H groups in total. The monoisotopic (exact) mass is 458 g/mol. The van der Waals surface area contributed by atoms with Crippen LogP contribution in [0.1, 0.15) is 22.3 Å². The average molecular weight is 459 g/mol. The van der Waals surface area contributed by atoms with E-state index in [0.717, 1.165) is 5.56 Å². The standard InChI is InChI=1S/C22H26N4O5S/c1-30-20(28)7-11-25-12-17(31-15-16-5-9-23-10-6-16)13-26(14-19(25)27)22(29)18-4-3-8-24-21(18)32-2/h3-6,8-10,17H,7,11-15H2,1-2H3. The highest BCUT2D eigenvalue weighted by atomic mass is 32.2. The van der Waals surface area contributed by atoms with E-state index in [1.54, 1.807) is 35.6 Å². The molecule has 1 atom stereocenters. The van der Waals surface area contributed by atoms with E-state index in [1.807, 2.05) is 18.4 Å². The minimum absolute atomic E-state index is 0.0759. The Balaban J connectivity index is 1.79. The van der Waals surface area contributed by atoms with Crippen molar-refractivity contribution in [1.82, 2.24) is 19.8 Å². The minimum atomic E-state index is -0.425. The minimum Gasteiger partial charge on any atom is -0.469 e. The maximum Gasteiger partial charge on any atom is 0.307 e. The Morgan fingerprint density at radius 1 is 1.19 bits per heavy atom. The fraction of sp³-hybridized carbons (Fsp3) is 0.409. The molecule has 0 spiro atoms. The number of hydrogen-bond donors (Lipinski definition) is 0. The van der Waals surface area contributed by atoms with Crippen LogP contribution in [0.5, 0.6) is 0 Å². The third-order valence-electron chi connectivity index (χ3n) is 5.06. The zero-order chi connectivity index (χ0) is 22.9. The first-order valence-electron chi connectivity index (χ1n) is 10.1. The van der Waals surface area contributed by atoms with Crippen molar-refractivity contribution >= 4 is 29.5 Å². The summed E-state index contributed by atoms with van der Waals surface area (Å²) in [7, 11) is 1.31. The molecule has 1 saturated heterocycles. The van der Waals surface area contributed by atoms with Gasteiger partial charge in [0.1, 0.15) is 11.6 Å². The molecule has 0 bridgehead atoms. The maximum absolute atomic E-state index is 13.3. The first-order valence-corrected chi connectivity index (χ1v) is 11.4. The highest BCUT2D eigenvalue weighted by Gasteiger charge is 2.32. The Bertz CT molecular complexity index is 943. The number of ether oxygens (including phenoxy) is 2. The van der Waals surface area contributed by atoms with E-state index in [0.29, 0.717) is 17.2 Å². The Morgan fingerprint density at radius 2 is 1.97 bits per heavy atom. The van der Waals surface area contributed by atoms with Gasteiger partial charge in [0.05, 0.1) is 31.8 Å². The molecular formula is C22H26N4O5S. The van der Waals surface area contributed by atoms with Crippen molar-refractivity contribution in [3.05, 3.63) is 54.0 Å². The molecule has 1 aliphatic rings. The molecule has 2 aromatic rings. The zero-order valence-corrected chi connectivity index (χ0v) is 18.9. The van der Waals surface area contributed by atoms with Crippen LogP contribution in [-0.4, -0.2) is 83.2 Å². The van der Waals surface area contributed by atoms with Gasteiger partial charge in [-0.25, -0.2) is 4.98 Å². The van der Waals surface area contributed by atoms with Crippen molar-refractivity contribution in [2.45, 2.75) is 24.2 Å². The number of thioether (sulfide) groups is 1. The third kappa shape index (κ3) is 6.27. The number of carbonyl (C=O) groups is 3. The van der Waals surface area contributed by atoms with Crippen molar-refractivity contribution in [3.8, 4) is 0 Å². The molecule has 0 saturated carbocycles. The number of esters is 1. The van der Waals surface area contributed by atoms with E-state index in [4.69, 9.17) is 9.47 Å². The highest BCUT2D eigenvalue weighted by Crippen LogP contribution is 2.20. The summed E-state index contributed by atoms with van der Waals surface area (Å²) >= 11 is 1.37. The second kappa shape index (κ2) is 11.6. The van der Waals surface area contributed by atoms with Crippen LogP contribution in [0.3, 0.4) is 0 Å².